The molecule has 0 aromatic heterocycles. The first-order valence-electron chi connectivity index (χ1n) is 9.12. The molecule has 0 bridgehead atoms. The number of carbonyl (C=O) groups excluding carboxylic acids is 1. The molecule has 0 aliphatic carbocycles. The lowest BCUT2D eigenvalue weighted by Crippen LogP contribution is -2.33. The summed E-state index contributed by atoms with van der Waals surface area (Å²) >= 11 is 5.91. The molecule has 0 heterocycles. The summed E-state index contributed by atoms with van der Waals surface area (Å²) in [5.41, 5.74) is 4.41. The van der Waals surface area contributed by atoms with Crippen LogP contribution in [-0.2, 0) is 11.4 Å². The van der Waals surface area contributed by atoms with E-state index in [2.05, 4.69) is 10.5 Å². The minimum atomic E-state index is -0.709. The van der Waals surface area contributed by atoms with Gasteiger partial charge in [-0.25, -0.2) is 5.43 Å². The number of rotatable bonds is 8. The van der Waals surface area contributed by atoms with E-state index < -0.39 is 6.10 Å². The molecule has 1 amide bonds. The highest BCUT2D eigenvalue weighted by Gasteiger charge is 2.13. The van der Waals surface area contributed by atoms with Crippen LogP contribution in [-0.4, -0.2) is 18.2 Å². The predicted molar refractivity (Wildman–Crippen MR) is 114 cm³/mol. The van der Waals surface area contributed by atoms with Crippen molar-refractivity contribution in [3.8, 4) is 11.5 Å². The number of ether oxygens (including phenoxy) is 2. The Kier molecular flexibility index (Phi) is 7.25. The number of halogens is 1. The summed E-state index contributed by atoms with van der Waals surface area (Å²) in [7, 11) is 0. The summed E-state index contributed by atoms with van der Waals surface area (Å²) in [6, 6.07) is 24.3. The molecule has 0 aliphatic rings. The van der Waals surface area contributed by atoms with Crippen molar-refractivity contribution in [1.29, 1.82) is 0 Å². The second-order valence-electron chi connectivity index (χ2n) is 6.30. The summed E-state index contributed by atoms with van der Waals surface area (Å²) in [6.07, 6.45) is 0.852. The van der Waals surface area contributed by atoms with Gasteiger partial charge < -0.3 is 9.47 Å². The molecule has 0 unspecified atom stereocenters. The van der Waals surface area contributed by atoms with Gasteiger partial charge in [-0.15, -0.1) is 0 Å². The van der Waals surface area contributed by atoms with Crippen LogP contribution < -0.4 is 14.9 Å². The molecule has 3 rings (SSSR count). The van der Waals surface area contributed by atoms with E-state index in [1.807, 2.05) is 54.6 Å². The van der Waals surface area contributed by atoms with Crippen molar-refractivity contribution in [3.05, 3.63) is 95.0 Å². The Morgan fingerprint density at radius 2 is 1.79 bits per heavy atom. The number of hydrazone groups is 1. The fraction of sp³-hybridized carbons (Fsp3) is 0.130. The van der Waals surface area contributed by atoms with E-state index in [4.69, 9.17) is 21.1 Å². The van der Waals surface area contributed by atoms with Gasteiger partial charge in [-0.3, -0.25) is 4.79 Å². The lowest BCUT2D eigenvalue weighted by Gasteiger charge is -2.12. The summed E-state index contributed by atoms with van der Waals surface area (Å²) in [5, 5.41) is 4.52. The van der Waals surface area contributed by atoms with Crippen LogP contribution in [0.5, 0.6) is 11.5 Å². The van der Waals surface area contributed by atoms with Crippen molar-refractivity contribution in [1.82, 2.24) is 5.43 Å². The molecule has 0 aliphatic heterocycles. The van der Waals surface area contributed by atoms with Crippen LogP contribution in [0.1, 0.15) is 18.1 Å². The maximum absolute atomic E-state index is 12.1. The van der Waals surface area contributed by atoms with Crippen molar-refractivity contribution in [3.63, 3.8) is 0 Å². The van der Waals surface area contributed by atoms with E-state index in [0.717, 1.165) is 16.9 Å². The standard InChI is InChI=1S/C23H21ClN2O3/c1-17(29-22-9-5-8-20(24)14-22)23(27)26-25-15-18-10-12-21(13-11-18)28-16-19-6-3-2-4-7-19/h2-15,17H,16H2,1H3,(H,26,27)/b25-15-/t17-/m0/s1. The van der Waals surface area contributed by atoms with Crippen LogP contribution in [0.4, 0.5) is 0 Å². The number of carbonyl (C=O) groups is 1. The van der Waals surface area contributed by atoms with Crippen molar-refractivity contribution in [2.75, 3.05) is 0 Å². The fourth-order valence-electron chi connectivity index (χ4n) is 2.45. The molecule has 5 nitrogen and oxygen atoms in total. The van der Waals surface area contributed by atoms with Crippen LogP contribution in [0, 0.1) is 0 Å². The van der Waals surface area contributed by atoms with Crippen LogP contribution >= 0.6 is 11.6 Å². The number of nitrogens with one attached hydrogen (secondary N) is 1. The van der Waals surface area contributed by atoms with E-state index in [1.165, 1.54) is 0 Å². The Morgan fingerprint density at radius 1 is 1.03 bits per heavy atom. The Hall–Kier alpha value is -3.31. The molecule has 0 spiro atoms. The number of hydrogen-bond donors (Lipinski definition) is 1. The van der Waals surface area contributed by atoms with E-state index in [9.17, 15) is 4.79 Å². The van der Waals surface area contributed by atoms with Gasteiger partial charge in [0.25, 0.3) is 5.91 Å². The Bertz CT molecular complexity index is 959. The molecule has 1 N–H and O–H groups in total. The van der Waals surface area contributed by atoms with Gasteiger partial charge in [-0.05, 0) is 60.5 Å². The van der Waals surface area contributed by atoms with Gasteiger partial charge >= 0.3 is 0 Å². The van der Waals surface area contributed by atoms with Gasteiger partial charge in [0.15, 0.2) is 6.10 Å². The molecule has 148 valence electrons. The van der Waals surface area contributed by atoms with Gasteiger partial charge in [-0.1, -0.05) is 48.0 Å². The molecule has 0 radical (unpaired) electrons. The SMILES string of the molecule is C[C@H](Oc1cccc(Cl)c1)C(=O)N/N=C\c1ccc(OCc2ccccc2)cc1. The molecule has 6 heteroatoms. The molecule has 1 atom stereocenters. The molecular formula is C23H21ClN2O3. The van der Waals surface area contributed by atoms with Gasteiger partial charge in [0, 0.05) is 5.02 Å². The highest BCUT2D eigenvalue weighted by atomic mass is 35.5. The first-order valence-corrected chi connectivity index (χ1v) is 9.50. The van der Waals surface area contributed by atoms with Crippen molar-refractivity contribution in [2.24, 2.45) is 5.10 Å². The highest BCUT2D eigenvalue weighted by molar-refractivity contribution is 6.30. The van der Waals surface area contributed by atoms with Crippen molar-refractivity contribution in [2.45, 2.75) is 19.6 Å². The van der Waals surface area contributed by atoms with Crippen molar-refractivity contribution >= 4 is 23.7 Å². The Morgan fingerprint density at radius 3 is 2.52 bits per heavy atom. The smallest absolute Gasteiger partial charge is 0.280 e. The zero-order chi connectivity index (χ0) is 20.5. The first-order chi connectivity index (χ1) is 14.1. The maximum atomic E-state index is 12.1. The lowest BCUT2D eigenvalue weighted by molar-refractivity contribution is -0.127. The van der Waals surface area contributed by atoms with Crippen LogP contribution in [0.15, 0.2) is 84.0 Å². The summed E-state index contributed by atoms with van der Waals surface area (Å²) in [4.78, 5) is 12.1. The third-order valence-corrected chi connectivity index (χ3v) is 4.23. The number of amides is 1. The van der Waals surface area contributed by atoms with Crippen LogP contribution in [0.2, 0.25) is 5.02 Å². The quantitative estimate of drug-likeness (QED) is 0.428. The third-order valence-electron chi connectivity index (χ3n) is 3.99. The number of nitrogens with zero attached hydrogens (tertiary/aromatic N) is 1. The summed E-state index contributed by atoms with van der Waals surface area (Å²) in [5.74, 6) is 0.929. The molecule has 29 heavy (non-hydrogen) atoms. The monoisotopic (exact) mass is 408 g/mol. The first kappa shape index (κ1) is 20.4. The molecular weight excluding hydrogens is 388 g/mol. The molecule has 0 saturated carbocycles. The fourth-order valence-corrected chi connectivity index (χ4v) is 2.63. The number of benzene rings is 3. The normalized spacial score (nSPS) is 11.8. The van der Waals surface area contributed by atoms with E-state index >= 15 is 0 Å². The average Bonchev–Trinajstić information content (AvgIpc) is 2.74. The topological polar surface area (TPSA) is 59.9 Å². The number of hydrogen-bond acceptors (Lipinski definition) is 4. The Balaban J connectivity index is 1.46. The van der Waals surface area contributed by atoms with Gasteiger partial charge in [0.05, 0.1) is 6.21 Å². The molecule has 0 fully saturated rings. The second kappa shape index (κ2) is 10.3. The van der Waals surface area contributed by atoms with Crippen molar-refractivity contribution < 1.29 is 14.3 Å². The van der Waals surface area contributed by atoms with E-state index in [1.54, 1.807) is 37.4 Å². The predicted octanol–water partition coefficient (Wildman–Crippen LogP) is 4.84. The highest BCUT2D eigenvalue weighted by Crippen LogP contribution is 2.18. The lowest BCUT2D eigenvalue weighted by atomic mass is 10.2. The minimum Gasteiger partial charge on any atom is -0.489 e. The van der Waals surface area contributed by atoms with Gasteiger partial charge in [0.1, 0.15) is 18.1 Å². The largest absolute Gasteiger partial charge is 0.489 e. The summed E-state index contributed by atoms with van der Waals surface area (Å²) < 4.78 is 11.3. The molecule has 3 aromatic carbocycles. The second-order valence-corrected chi connectivity index (χ2v) is 6.73. The zero-order valence-corrected chi connectivity index (χ0v) is 16.7. The zero-order valence-electron chi connectivity index (χ0n) is 15.9. The molecule has 0 saturated heterocycles. The third kappa shape index (κ3) is 6.66. The maximum Gasteiger partial charge on any atom is 0.280 e. The van der Waals surface area contributed by atoms with Gasteiger partial charge in [-0.2, -0.15) is 5.10 Å². The Labute approximate surface area is 174 Å². The van der Waals surface area contributed by atoms with Crippen LogP contribution in [0.25, 0.3) is 0 Å². The van der Waals surface area contributed by atoms with Gasteiger partial charge in [0.2, 0.25) is 0 Å². The van der Waals surface area contributed by atoms with Crippen LogP contribution in [0.3, 0.4) is 0 Å². The minimum absolute atomic E-state index is 0.357. The molecule has 3 aromatic rings. The average molecular weight is 409 g/mol. The summed E-state index contributed by atoms with van der Waals surface area (Å²) in [6.45, 7) is 2.15. The van der Waals surface area contributed by atoms with E-state index in [0.29, 0.717) is 17.4 Å². The van der Waals surface area contributed by atoms with E-state index in [-0.39, 0.29) is 5.91 Å².